The van der Waals surface area contributed by atoms with Crippen LogP contribution in [0.5, 0.6) is 0 Å². The molecule has 2 aliphatic rings. The van der Waals surface area contributed by atoms with Gasteiger partial charge in [0.25, 0.3) is 0 Å². The molecule has 1 saturated carbocycles. The van der Waals surface area contributed by atoms with Crippen LogP contribution in [-0.2, 0) is 6.42 Å². The highest BCUT2D eigenvalue weighted by Gasteiger charge is 2.37. The molecule has 1 unspecified atom stereocenters. The number of aromatic nitrogens is 1. The molecule has 1 heterocycles. The molecule has 1 aromatic carbocycles. The maximum absolute atomic E-state index is 13.4. The smallest absolute Gasteiger partial charge is 0.123 e. The molecule has 4 heteroatoms. The summed E-state index contributed by atoms with van der Waals surface area (Å²) in [7, 11) is 0. The Morgan fingerprint density at radius 1 is 0.971 bits per heavy atom. The molecular weight excluding hydrogens is 425 g/mol. The minimum atomic E-state index is -0.865. The second-order valence-corrected chi connectivity index (χ2v) is 9.39. The molecule has 2 aliphatic carbocycles. The van der Waals surface area contributed by atoms with Gasteiger partial charge in [-0.25, -0.2) is 4.39 Å². The van der Waals surface area contributed by atoms with Crippen molar-refractivity contribution in [2.45, 2.75) is 119 Å². The molecule has 192 valence electrons. The fraction of sp³-hybridized carbons (Fsp3) is 0.633. The fourth-order valence-corrected chi connectivity index (χ4v) is 5.21. The maximum atomic E-state index is 13.4. The molecule has 0 spiro atoms. The number of hydrogen-bond donors (Lipinski definition) is 2. The van der Waals surface area contributed by atoms with Crippen molar-refractivity contribution in [3.63, 3.8) is 0 Å². The number of aliphatic hydroxyl groups excluding tert-OH is 2. The third-order valence-corrected chi connectivity index (χ3v) is 6.58. The molecule has 0 amide bonds. The SMILES string of the molecule is CC.CC.CC.Cc1c2c(nc(C3CCCC3)c1[C@@H](O)c1ccc(F)cc1)CC(C)(C)CC2O. The van der Waals surface area contributed by atoms with E-state index in [1.807, 2.05) is 48.5 Å². The molecule has 0 saturated heterocycles. The third-order valence-electron chi connectivity index (χ3n) is 6.58. The van der Waals surface area contributed by atoms with Crippen molar-refractivity contribution in [3.8, 4) is 0 Å². The lowest BCUT2D eigenvalue weighted by Gasteiger charge is -2.37. The molecule has 2 N–H and O–H groups in total. The van der Waals surface area contributed by atoms with Gasteiger partial charge in [-0.3, -0.25) is 4.98 Å². The van der Waals surface area contributed by atoms with Crippen LogP contribution in [0.4, 0.5) is 4.39 Å². The van der Waals surface area contributed by atoms with Crippen LogP contribution in [0.1, 0.15) is 139 Å². The molecule has 4 rings (SSSR count). The first kappa shape index (κ1) is 30.3. The summed E-state index contributed by atoms with van der Waals surface area (Å²) in [4.78, 5) is 5.07. The average molecular weight is 474 g/mol. The van der Waals surface area contributed by atoms with Crippen molar-refractivity contribution in [1.29, 1.82) is 0 Å². The molecule has 3 nitrogen and oxygen atoms in total. The second-order valence-electron chi connectivity index (χ2n) is 9.39. The van der Waals surface area contributed by atoms with Gasteiger partial charge in [-0.05, 0) is 61.3 Å². The Morgan fingerprint density at radius 3 is 2.03 bits per heavy atom. The van der Waals surface area contributed by atoms with Crippen LogP contribution in [-0.4, -0.2) is 15.2 Å². The third kappa shape index (κ3) is 6.88. The summed E-state index contributed by atoms with van der Waals surface area (Å²) in [6, 6.07) is 6.03. The molecular formula is C30H48FNO2. The first-order valence-electron chi connectivity index (χ1n) is 13.4. The van der Waals surface area contributed by atoms with E-state index in [2.05, 4.69) is 13.8 Å². The lowest BCUT2D eigenvalue weighted by molar-refractivity contribution is 0.0968. The predicted octanol–water partition coefficient (Wildman–Crippen LogP) is 8.35. The molecule has 0 radical (unpaired) electrons. The van der Waals surface area contributed by atoms with E-state index in [1.165, 1.54) is 25.0 Å². The van der Waals surface area contributed by atoms with Crippen molar-refractivity contribution >= 4 is 0 Å². The molecule has 0 aliphatic heterocycles. The normalized spacial score (nSPS) is 19.4. The Morgan fingerprint density at radius 2 is 1.50 bits per heavy atom. The summed E-state index contributed by atoms with van der Waals surface area (Å²) in [5.74, 6) is 0.0289. The van der Waals surface area contributed by atoms with Gasteiger partial charge in [0.15, 0.2) is 0 Å². The maximum Gasteiger partial charge on any atom is 0.123 e. The lowest BCUT2D eigenvalue weighted by Crippen LogP contribution is -2.29. The minimum Gasteiger partial charge on any atom is -0.388 e. The highest BCUT2D eigenvalue weighted by molar-refractivity contribution is 5.48. The standard InChI is InChI=1S/C24H30FNO2.3C2H6/c1-14-20-18(12-24(2,3)13-19(20)27)26-22(15-6-4-5-7-15)21(14)23(28)16-8-10-17(25)11-9-16;3*1-2/h8-11,15,19,23,27-28H,4-7,12-13H2,1-3H3;3*1-2H3/t19?,23-;;;/m0.../s1. The zero-order valence-corrected chi connectivity index (χ0v) is 23.0. The molecule has 2 atom stereocenters. The summed E-state index contributed by atoms with van der Waals surface area (Å²) in [6.45, 7) is 18.3. The topological polar surface area (TPSA) is 53.4 Å². The number of fused-ring (bicyclic) bond motifs is 1. The van der Waals surface area contributed by atoms with E-state index >= 15 is 0 Å². The van der Waals surface area contributed by atoms with E-state index in [1.54, 1.807) is 12.1 Å². The highest BCUT2D eigenvalue weighted by Crippen LogP contribution is 2.46. The van der Waals surface area contributed by atoms with Crippen LogP contribution >= 0.6 is 0 Å². The summed E-state index contributed by atoms with van der Waals surface area (Å²) in [6.07, 6.45) is 4.63. The fourth-order valence-electron chi connectivity index (χ4n) is 5.21. The Hall–Kier alpha value is -1.78. The van der Waals surface area contributed by atoms with Gasteiger partial charge in [0.2, 0.25) is 0 Å². The number of nitrogens with zero attached hydrogens (tertiary/aromatic N) is 1. The predicted molar refractivity (Wildman–Crippen MR) is 142 cm³/mol. The van der Waals surface area contributed by atoms with Gasteiger partial charge >= 0.3 is 0 Å². The quantitative estimate of drug-likeness (QED) is 0.471. The van der Waals surface area contributed by atoms with Gasteiger partial charge < -0.3 is 10.2 Å². The lowest BCUT2D eigenvalue weighted by atomic mass is 9.72. The number of pyridine rings is 1. The van der Waals surface area contributed by atoms with Gasteiger partial charge in [0, 0.05) is 22.7 Å². The van der Waals surface area contributed by atoms with Crippen molar-refractivity contribution in [1.82, 2.24) is 4.98 Å². The van der Waals surface area contributed by atoms with E-state index in [9.17, 15) is 14.6 Å². The van der Waals surface area contributed by atoms with Crippen LogP contribution < -0.4 is 0 Å². The molecule has 1 aromatic heterocycles. The summed E-state index contributed by atoms with van der Waals surface area (Å²) >= 11 is 0. The van der Waals surface area contributed by atoms with Crippen LogP contribution in [0.25, 0.3) is 0 Å². The van der Waals surface area contributed by atoms with Gasteiger partial charge in [-0.1, -0.05) is 80.4 Å². The minimum absolute atomic E-state index is 0.00981. The van der Waals surface area contributed by atoms with Crippen LogP contribution in [0, 0.1) is 18.2 Å². The van der Waals surface area contributed by atoms with Crippen molar-refractivity contribution in [2.24, 2.45) is 5.41 Å². The zero-order valence-electron chi connectivity index (χ0n) is 23.0. The summed E-state index contributed by atoms with van der Waals surface area (Å²) in [5.41, 5.74) is 5.29. The zero-order chi connectivity index (χ0) is 26.1. The van der Waals surface area contributed by atoms with Crippen molar-refractivity contribution in [2.75, 3.05) is 0 Å². The largest absolute Gasteiger partial charge is 0.388 e. The molecule has 2 aromatic rings. The van der Waals surface area contributed by atoms with Crippen LogP contribution in [0.15, 0.2) is 24.3 Å². The van der Waals surface area contributed by atoms with E-state index < -0.39 is 12.2 Å². The van der Waals surface area contributed by atoms with Crippen molar-refractivity contribution < 1.29 is 14.6 Å². The molecule has 1 fully saturated rings. The van der Waals surface area contributed by atoms with Gasteiger partial charge in [0.05, 0.1) is 11.8 Å². The van der Waals surface area contributed by atoms with Gasteiger partial charge in [0.1, 0.15) is 11.9 Å². The Bertz CT molecular complexity index is 870. The Labute approximate surface area is 207 Å². The number of rotatable bonds is 3. The van der Waals surface area contributed by atoms with Crippen molar-refractivity contribution in [3.05, 3.63) is 63.7 Å². The average Bonchev–Trinajstić information content (AvgIpc) is 3.37. The second kappa shape index (κ2) is 13.9. The number of halogens is 1. The Kier molecular flexibility index (Phi) is 12.4. The van der Waals surface area contributed by atoms with Gasteiger partial charge in [-0.2, -0.15) is 0 Å². The monoisotopic (exact) mass is 473 g/mol. The first-order chi connectivity index (χ1) is 16.3. The van der Waals surface area contributed by atoms with E-state index in [-0.39, 0.29) is 11.2 Å². The number of benzene rings is 1. The van der Waals surface area contributed by atoms with E-state index in [0.717, 1.165) is 47.3 Å². The Balaban J connectivity index is 0.000000894. The number of aliphatic hydroxyl groups is 2. The van der Waals surface area contributed by atoms with E-state index in [4.69, 9.17) is 4.98 Å². The number of hydrogen-bond acceptors (Lipinski definition) is 3. The van der Waals surface area contributed by atoms with E-state index in [0.29, 0.717) is 17.9 Å². The molecule has 0 bridgehead atoms. The van der Waals surface area contributed by atoms with Gasteiger partial charge in [-0.15, -0.1) is 0 Å². The summed E-state index contributed by atoms with van der Waals surface area (Å²) in [5, 5.41) is 22.1. The highest BCUT2D eigenvalue weighted by atomic mass is 19.1. The van der Waals surface area contributed by atoms with Crippen LogP contribution in [0.3, 0.4) is 0 Å². The first-order valence-corrected chi connectivity index (χ1v) is 13.4. The van der Waals surface area contributed by atoms with Crippen LogP contribution in [0.2, 0.25) is 0 Å². The summed E-state index contributed by atoms with van der Waals surface area (Å²) < 4.78 is 13.4. The molecule has 34 heavy (non-hydrogen) atoms.